The molecule has 0 radical (unpaired) electrons. The van der Waals surface area contributed by atoms with E-state index in [1.54, 1.807) is 17.0 Å². The zero-order chi connectivity index (χ0) is 30.2. The zero-order valence-corrected chi connectivity index (χ0v) is 24.4. The summed E-state index contributed by atoms with van der Waals surface area (Å²) in [5, 5.41) is 13.1. The summed E-state index contributed by atoms with van der Waals surface area (Å²) in [4.78, 5) is 66.6. The largest absolute Gasteiger partial charge is 0.483 e. The zero-order valence-electron chi connectivity index (χ0n) is 23.5. The van der Waals surface area contributed by atoms with Gasteiger partial charge >= 0.3 is 0 Å². The van der Waals surface area contributed by atoms with Gasteiger partial charge in [0.25, 0.3) is 22.7 Å². The number of thioether (sulfide) groups is 1. The minimum absolute atomic E-state index is 0.146. The van der Waals surface area contributed by atoms with Gasteiger partial charge in [0.1, 0.15) is 12.3 Å². The first-order valence-corrected chi connectivity index (χ1v) is 14.6. The molecule has 0 spiro atoms. The molecule has 0 bridgehead atoms. The Bertz CT molecular complexity index is 1400. The fourth-order valence-corrected chi connectivity index (χ4v) is 5.58. The molecule has 42 heavy (non-hydrogen) atoms. The van der Waals surface area contributed by atoms with Crippen molar-refractivity contribution in [2.24, 2.45) is 0 Å². The lowest BCUT2D eigenvalue weighted by atomic mass is 10.1. The van der Waals surface area contributed by atoms with Crippen molar-refractivity contribution < 1.29 is 28.8 Å². The maximum atomic E-state index is 13.1. The maximum absolute atomic E-state index is 13.1. The fraction of sp³-hybridized carbons (Fsp3) is 0.379. The van der Waals surface area contributed by atoms with Gasteiger partial charge in [-0.3, -0.25) is 34.2 Å². The van der Waals surface area contributed by atoms with Crippen molar-refractivity contribution in [1.82, 2.24) is 9.80 Å². The molecule has 222 valence electrons. The van der Waals surface area contributed by atoms with E-state index in [0.29, 0.717) is 24.4 Å². The number of nitrogens with zero attached hydrogens (tertiary/aromatic N) is 4. The van der Waals surface area contributed by atoms with E-state index in [4.69, 9.17) is 4.74 Å². The number of hydrogen-bond donors (Lipinski definition) is 1. The third-order valence-corrected chi connectivity index (χ3v) is 7.89. The van der Waals surface area contributed by atoms with Crippen LogP contribution in [-0.4, -0.2) is 77.0 Å². The predicted molar refractivity (Wildman–Crippen MR) is 160 cm³/mol. The Morgan fingerprint density at radius 2 is 1.83 bits per heavy atom. The Morgan fingerprint density at radius 3 is 2.52 bits per heavy atom. The average Bonchev–Trinajstić information content (AvgIpc) is 3.25. The summed E-state index contributed by atoms with van der Waals surface area (Å²) in [6.07, 6.45) is 4.39. The van der Waals surface area contributed by atoms with Crippen molar-refractivity contribution >= 4 is 57.9 Å². The van der Waals surface area contributed by atoms with Gasteiger partial charge in [0.2, 0.25) is 5.91 Å². The molecule has 13 heteroatoms. The van der Waals surface area contributed by atoms with Gasteiger partial charge in [-0.2, -0.15) is 0 Å². The monoisotopic (exact) mass is 595 g/mol. The van der Waals surface area contributed by atoms with Gasteiger partial charge < -0.3 is 19.9 Å². The fourth-order valence-electron chi connectivity index (χ4n) is 4.75. The number of carbonyl (C=O) groups excluding carboxylic acids is 4. The number of rotatable bonds is 11. The highest BCUT2D eigenvalue weighted by Gasteiger charge is 2.37. The summed E-state index contributed by atoms with van der Waals surface area (Å²) < 4.78 is 5.87. The first-order valence-electron chi connectivity index (χ1n) is 13.8. The van der Waals surface area contributed by atoms with Gasteiger partial charge in [0.05, 0.1) is 9.83 Å². The second kappa shape index (κ2) is 14.0. The van der Waals surface area contributed by atoms with E-state index in [1.165, 1.54) is 30.3 Å². The van der Waals surface area contributed by atoms with Crippen LogP contribution in [0.4, 0.5) is 21.9 Å². The van der Waals surface area contributed by atoms with E-state index in [2.05, 4.69) is 10.2 Å². The van der Waals surface area contributed by atoms with Crippen molar-refractivity contribution in [2.75, 3.05) is 49.5 Å². The third-order valence-electron chi connectivity index (χ3n) is 6.99. The number of piperidine rings is 1. The number of likely N-dealkylation sites (tertiary alicyclic amines) is 1. The molecule has 0 atom stereocenters. The molecule has 2 aromatic carbocycles. The summed E-state index contributed by atoms with van der Waals surface area (Å²) in [6, 6.07) is 10.9. The molecule has 2 aliphatic heterocycles. The molecule has 2 saturated heterocycles. The number of non-ortho nitro benzene ring substituents is 1. The number of carbonyl (C=O) groups is 4. The highest BCUT2D eigenvalue weighted by molar-refractivity contribution is 8.18. The van der Waals surface area contributed by atoms with Crippen LogP contribution in [0.15, 0.2) is 47.4 Å². The molecule has 2 aliphatic rings. The normalized spacial score (nSPS) is 16.1. The second-order valence-electron chi connectivity index (χ2n) is 9.75. The van der Waals surface area contributed by atoms with Crippen molar-refractivity contribution in [3.8, 4) is 5.75 Å². The average molecular weight is 596 g/mol. The number of imide groups is 1. The Kier molecular flexibility index (Phi) is 10.2. The van der Waals surface area contributed by atoms with Crippen LogP contribution >= 0.6 is 11.8 Å². The van der Waals surface area contributed by atoms with Gasteiger partial charge in [-0.15, -0.1) is 0 Å². The van der Waals surface area contributed by atoms with Crippen LogP contribution in [-0.2, 0) is 14.4 Å². The number of nitrogens with one attached hydrogen (secondary N) is 1. The molecule has 4 rings (SSSR count). The Hall–Kier alpha value is -4.39. The molecule has 12 nitrogen and oxygen atoms in total. The van der Waals surface area contributed by atoms with Crippen LogP contribution < -0.4 is 15.0 Å². The van der Waals surface area contributed by atoms with Gasteiger partial charge in [-0.25, -0.2) is 0 Å². The quantitative estimate of drug-likeness (QED) is 0.226. The second-order valence-corrected chi connectivity index (χ2v) is 10.7. The Balaban J connectivity index is 1.52. The number of benzene rings is 2. The number of nitro benzene ring substituents is 1. The molecule has 4 amide bonds. The van der Waals surface area contributed by atoms with Gasteiger partial charge in [-0.05, 0) is 69.1 Å². The molecular weight excluding hydrogens is 562 g/mol. The summed E-state index contributed by atoms with van der Waals surface area (Å²) in [7, 11) is 0. The third kappa shape index (κ3) is 7.46. The molecule has 1 N–H and O–H groups in total. The first-order chi connectivity index (χ1) is 20.2. The number of ether oxygens (including phenoxy) is 1. The smallest absolute Gasteiger partial charge is 0.294 e. The van der Waals surface area contributed by atoms with Gasteiger partial charge in [0.15, 0.2) is 6.61 Å². The molecule has 2 heterocycles. The van der Waals surface area contributed by atoms with E-state index < -0.39 is 28.6 Å². The Morgan fingerprint density at radius 1 is 1.10 bits per heavy atom. The number of hydrogen-bond acceptors (Lipinski definition) is 9. The minimum Gasteiger partial charge on any atom is -0.483 e. The van der Waals surface area contributed by atoms with Gasteiger partial charge in [0, 0.05) is 61.3 Å². The van der Waals surface area contributed by atoms with Crippen molar-refractivity contribution in [2.45, 2.75) is 33.1 Å². The van der Waals surface area contributed by atoms with E-state index in [9.17, 15) is 29.3 Å². The molecule has 2 aromatic rings. The number of nitro groups is 1. The molecule has 0 aromatic heterocycles. The topological polar surface area (TPSA) is 142 Å². The molecule has 2 fully saturated rings. The highest BCUT2D eigenvalue weighted by atomic mass is 32.2. The first kappa shape index (κ1) is 30.6. The van der Waals surface area contributed by atoms with E-state index in [1.807, 2.05) is 19.9 Å². The van der Waals surface area contributed by atoms with Crippen LogP contribution in [0.1, 0.15) is 38.7 Å². The van der Waals surface area contributed by atoms with Crippen molar-refractivity contribution in [3.63, 3.8) is 0 Å². The predicted octanol–water partition coefficient (Wildman–Crippen LogP) is 4.51. The van der Waals surface area contributed by atoms with Crippen LogP contribution in [0.5, 0.6) is 5.75 Å². The molecular formula is C29H33N5O7S. The van der Waals surface area contributed by atoms with Crippen LogP contribution in [0, 0.1) is 10.1 Å². The van der Waals surface area contributed by atoms with Crippen LogP contribution in [0.25, 0.3) is 6.08 Å². The number of amides is 4. The van der Waals surface area contributed by atoms with Crippen molar-refractivity contribution in [3.05, 3.63) is 63.0 Å². The summed E-state index contributed by atoms with van der Waals surface area (Å²) in [6.45, 7) is 6.01. The van der Waals surface area contributed by atoms with E-state index in [-0.39, 0.29) is 28.7 Å². The maximum Gasteiger partial charge on any atom is 0.294 e. The van der Waals surface area contributed by atoms with E-state index >= 15 is 0 Å². The van der Waals surface area contributed by atoms with Crippen molar-refractivity contribution in [1.29, 1.82) is 0 Å². The lowest BCUT2D eigenvalue weighted by molar-refractivity contribution is -0.384. The summed E-state index contributed by atoms with van der Waals surface area (Å²) in [5.41, 5.74) is 1.41. The lowest BCUT2D eigenvalue weighted by Gasteiger charge is -2.27. The van der Waals surface area contributed by atoms with Gasteiger partial charge in [-0.1, -0.05) is 6.07 Å². The standard InChI is InChI=1S/C29H33N5O7S/c1-3-31(4-2)22-12-11-20(24(17-22)41-19-26(35)30-21-9-8-10-23(16-21)34(39)40)15-25-28(37)33(29(38)42-25)18-27(36)32-13-6-5-7-14-32/h8-12,15-17H,3-7,13-14,18-19H2,1-2H3,(H,30,35)/b25-15+. The van der Waals surface area contributed by atoms with Crippen LogP contribution in [0.3, 0.4) is 0 Å². The minimum atomic E-state index is -0.558. The molecule has 0 unspecified atom stereocenters. The molecule has 0 saturated carbocycles. The molecule has 0 aliphatic carbocycles. The van der Waals surface area contributed by atoms with Crippen LogP contribution in [0.2, 0.25) is 0 Å². The SMILES string of the molecule is CCN(CC)c1ccc(/C=C2/SC(=O)N(CC(=O)N3CCCCC3)C2=O)c(OCC(=O)Nc2cccc([N+](=O)[O-])c2)c1. The lowest BCUT2D eigenvalue weighted by Crippen LogP contribution is -2.44. The van der Waals surface area contributed by atoms with E-state index in [0.717, 1.165) is 54.7 Å². The Labute approximate surface area is 247 Å². The number of anilines is 2. The summed E-state index contributed by atoms with van der Waals surface area (Å²) >= 11 is 0.751. The summed E-state index contributed by atoms with van der Waals surface area (Å²) in [5.74, 6) is -1.03. The highest BCUT2D eigenvalue weighted by Crippen LogP contribution is 2.35.